The maximum atomic E-state index is 12.7. The summed E-state index contributed by atoms with van der Waals surface area (Å²) in [4.78, 5) is 4.19. The van der Waals surface area contributed by atoms with Crippen LogP contribution in [0.3, 0.4) is 0 Å². The third-order valence-electron chi connectivity index (χ3n) is 3.41. The molecule has 1 saturated heterocycles. The monoisotopic (exact) mass is 299 g/mol. The van der Waals surface area contributed by atoms with Crippen LogP contribution in [0.4, 0.5) is 5.69 Å². The quantitative estimate of drug-likeness (QED) is 0.857. The summed E-state index contributed by atoms with van der Waals surface area (Å²) in [6, 6.07) is 1.70. The third kappa shape index (κ3) is 3.11. The zero-order valence-corrected chi connectivity index (χ0v) is 12.7. The topological polar surface area (TPSA) is 71.5 Å². The number of hydrogen-bond acceptors (Lipinski definition) is 5. The van der Waals surface area contributed by atoms with E-state index in [4.69, 9.17) is 4.74 Å². The molecule has 1 aromatic heterocycles. The average Bonchev–Trinajstić information content (AvgIpc) is 2.95. The van der Waals surface area contributed by atoms with Crippen molar-refractivity contribution in [2.75, 3.05) is 32.1 Å². The lowest BCUT2D eigenvalue weighted by atomic mass is 10.3. The van der Waals surface area contributed by atoms with Crippen LogP contribution in [-0.4, -0.2) is 50.6 Å². The smallest absolute Gasteiger partial charge is 0.246 e. The molecule has 1 atom stereocenters. The van der Waals surface area contributed by atoms with Gasteiger partial charge >= 0.3 is 0 Å². The number of aromatic nitrogens is 1. The first-order valence-electron chi connectivity index (χ1n) is 6.80. The van der Waals surface area contributed by atoms with Gasteiger partial charge in [0.1, 0.15) is 4.90 Å². The highest BCUT2D eigenvalue weighted by Gasteiger charge is 2.34. The first-order chi connectivity index (χ1) is 9.59. The van der Waals surface area contributed by atoms with Gasteiger partial charge in [-0.05, 0) is 18.9 Å². The van der Waals surface area contributed by atoms with Crippen molar-refractivity contribution in [3.63, 3.8) is 0 Å². The SMILES string of the molecule is CCCNc1ccncc1S(=O)(=O)N1CCC(OC)C1. The maximum Gasteiger partial charge on any atom is 0.246 e. The molecule has 1 aliphatic heterocycles. The van der Waals surface area contributed by atoms with E-state index >= 15 is 0 Å². The standard InChI is InChI=1S/C13H21N3O3S/c1-3-6-15-12-4-7-14-9-13(12)20(17,18)16-8-5-11(10-16)19-2/h4,7,9,11H,3,5-6,8,10H2,1-2H3,(H,14,15). The number of nitrogens with zero attached hydrogens (tertiary/aromatic N) is 2. The molecule has 1 fully saturated rings. The van der Waals surface area contributed by atoms with Crippen molar-refractivity contribution < 1.29 is 13.2 Å². The van der Waals surface area contributed by atoms with Gasteiger partial charge in [-0.2, -0.15) is 4.31 Å². The first kappa shape index (κ1) is 15.2. The number of anilines is 1. The van der Waals surface area contributed by atoms with Gasteiger partial charge in [-0.3, -0.25) is 4.98 Å². The van der Waals surface area contributed by atoms with E-state index in [1.54, 1.807) is 19.4 Å². The first-order valence-corrected chi connectivity index (χ1v) is 8.24. The van der Waals surface area contributed by atoms with Crippen molar-refractivity contribution >= 4 is 15.7 Å². The number of nitrogens with one attached hydrogen (secondary N) is 1. The maximum absolute atomic E-state index is 12.7. The second-order valence-electron chi connectivity index (χ2n) is 4.81. The molecule has 0 saturated carbocycles. The minimum atomic E-state index is -3.51. The van der Waals surface area contributed by atoms with Gasteiger partial charge in [-0.25, -0.2) is 8.42 Å². The zero-order chi connectivity index (χ0) is 14.6. The van der Waals surface area contributed by atoms with Gasteiger partial charge < -0.3 is 10.1 Å². The molecule has 0 amide bonds. The highest BCUT2D eigenvalue weighted by molar-refractivity contribution is 7.89. The Kier molecular flexibility index (Phi) is 4.95. The van der Waals surface area contributed by atoms with E-state index in [1.165, 1.54) is 10.5 Å². The summed E-state index contributed by atoms with van der Waals surface area (Å²) in [5.74, 6) is 0. The summed E-state index contributed by atoms with van der Waals surface area (Å²) in [6.07, 6.45) is 4.64. The Morgan fingerprint density at radius 2 is 2.35 bits per heavy atom. The van der Waals surface area contributed by atoms with Crippen LogP contribution in [0.2, 0.25) is 0 Å². The van der Waals surface area contributed by atoms with E-state index in [1.807, 2.05) is 6.92 Å². The largest absolute Gasteiger partial charge is 0.384 e. The summed E-state index contributed by atoms with van der Waals surface area (Å²) in [5.41, 5.74) is 0.614. The van der Waals surface area contributed by atoms with Crippen molar-refractivity contribution in [1.82, 2.24) is 9.29 Å². The van der Waals surface area contributed by atoms with Crippen molar-refractivity contribution in [3.05, 3.63) is 18.5 Å². The summed E-state index contributed by atoms with van der Waals surface area (Å²) in [7, 11) is -1.90. The summed E-state index contributed by atoms with van der Waals surface area (Å²) in [5, 5.41) is 3.14. The number of methoxy groups -OCH3 is 1. The highest BCUT2D eigenvalue weighted by atomic mass is 32.2. The molecule has 2 rings (SSSR count). The van der Waals surface area contributed by atoms with Gasteiger partial charge in [0.05, 0.1) is 11.8 Å². The van der Waals surface area contributed by atoms with E-state index in [0.717, 1.165) is 19.4 Å². The normalized spacial score (nSPS) is 20.2. The summed E-state index contributed by atoms with van der Waals surface area (Å²) >= 11 is 0. The lowest BCUT2D eigenvalue weighted by Crippen LogP contribution is -2.30. The molecule has 0 bridgehead atoms. The number of rotatable bonds is 6. The Morgan fingerprint density at radius 3 is 3.00 bits per heavy atom. The Morgan fingerprint density at radius 1 is 1.55 bits per heavy atom. The Hall–Kier alpha value is -1.18. The summed E-state index contributed by atoms with van der Waals surface area (Å²) < 4.78 is 32.0. The zero-order valence-electron chi connectivity index (χ0n) is 11.9. The third-order valence-corrected chi connectivity index (χ3v) is 5.30. The van der Waals surface area contributed by atoms with E-state index in [2.05, 4.69) is 10.3 Å². The molecule has 0 aromatic carbocycles. The molecule has 7 heteroatoms. The Bertz CT molecular complexity index is 548. The van der Waals surface area contributed by atoms with Crippen LogP contribution in [0.1, 0.15) is 19.8 Å². The molecule has 1 aromatic rings. The summed E-state index contributed by atoms with van der Waals surface area (Å²) in [6.45, 7) is 3.66. The lowest BCUT2D eigenvalue weighted by Gasteiger charge is -2.18. The van der Waals surface area contributed by atoms with Crippen LogP contribution in [0.5, 0.6) is 0 Å². The number of ether oxygens (including phenoxy) is 1. The van der Waals surface area contributed by atoms with E-state index in [0.29, 0.717) is 18.8 Å². The van der Waals surface area contributed by atoms with Crippen molar-refractivity contribution in [2.45, 2.75) is 30.8 Å². The number of pyridine rings is 1. The van der Waals surface area contributed by atoms with Gasteiger partial charge in [0.2, 0.25) is 10.0 Å². The molecular weight excluding hydrogens is 278 g/mol. The van der Waals surface area contributed by atoms with Gasteiger partial charge in [-0.1, -0.05) is 6.92 Å². The minimum Gasteiger partial charge on any atom is -0.384 e. The van der Waals surface area contributed by atoms with Crippen LogP contribution in [0.25, 0.3) is 0 Å². The fourth-order valence-corrected chi connectivity index (χ4v) is 3.84. The van der Waals surface area contributed by atoms with Crippen LogP contribution in [0.15, 0.2) is 23.4 Å². The predicted octanol–water partition coefficient (Wildman–Crippen LogP) is 1.31. The molecule has 2 heterocycles. The molecule has 0 spiro atoms. The second kappa shape index (κ2) is 6.51. The van der Waals surface area contributed by atoms with Gasteiger partial charge in [-0.15, -0.1) is 0 Å². The molecule has 1 unspecified atom stereocenters. The molecule has 20 heavy (non-hydrogen) atoms. The van der Waals surface area contributed by atoms with Crippen molar-refractivity contribution in [1.29, 1.82) is 0 Å². The fourth-order valence-electron chi connectivity index (χ4n) is 2.24. The van der Waals surface area contributed by atoms with E-state index < -0.39 is 10.0 Å². The lowest BCUT2D eigenvalue weighted by molar-refractivity contribution is 0.115. The highest BCUT2D eigenvalue weighted by Crippen LogP contribution is 2.26. The molecule has 112 valence electrons. The molecule has 1 aliphatic rings. The molecule has 1 N–H and O–H groups in total. The van der Waals surface area contributed by atoms with Crippen molar-refractivity contribution in [2.24, 2.45) is 0 Å². The fraction of sp³-hybridized carbons (Fsp3) is 0.615. The second-order valence-corrected chi connectivity index (χ2v) is 6.71. The van der Waals surface area contributed by atoms with Gasteiger partial charge in [0, 0.05) is 39.1 Å². The Balaban J connectivity index is 2.25. The van der Waals surface area contributed by atoms with E-state index in [-0.39, 0.29) is 11.0 Å². The van der Waals surface area contributed by atoms with Crippen LogP contribution in [0, 0.1) is 0 Å². The van der Waals surface area contributed by atoms with Gasteiger partial charge in [0.15, 0.2) is 0 Å². The van der Waals surface area contributed by atoms with Crippen LogP contribution < -0.4 is 5.32 Å². The minimum absolute atomic E-state index is 0.0199. The molecular formula is C13H21N3O3S. The van der Waals surface area contributed by atoms with Crippen LogP contribution >= 0.6 is 0 Å². The van der Waals surface area contributed by atoms with Gasteiger partial charge in [0.25, 0.3) is 0 Å². The van der Waals surface area contributed by atoms with E-state index in [9.17, 15) is 8.42 Å². The Labute approximate surface area is 120 Å². The predicted molar refractivity (Wildman–Crippen MR) is 77.2 cm³/mol. The average molecular weight is 299 g/mol. The molecule has 0 radical (unpaired) electrons. The molecule has 0 aliphatic carbocycles. The molecule has 6 nitrogen and oxygen atoms in total. The number of hydrogen-bond donors (Lipinski definition) is 1. The van der Waals surface area contributed by atoms with Crippen molar-refractivity contribution in [3.8, 4) is 0 Å². The van der Waals surface area contributed by atoms with Crippen LogP contribution in [-0.2, 0) is 14.8 Å². The number of sulfonamides is 1.